The lowest BCUT2D eigenvalue weighted by Gasteiger charge is -2.12. The number of aryl methyl sites for hydroxylation is 2. The van der Waals surface area contributed by atoms with E-state index < -0.39 is 0 Å². The van der Waals surface area contributed by atoms with Crippen LogP contribution < -0.4 is 11.1 Å². The molecule has 3 N–H and O–H groups in total. The van der Waals surface area contributed by atoms with Crippen molar-refractivity contribution in [3.63, 3.8) is 0 Å². The SMILES string of the molecule is CCc1ccccc1Nc1ncc(C)cc1N. The number of nitrogens with two attached hydrogens (primary N) is 1. The molecule has 0 aliphatic rings. The highest BCUT2D eigenvalue weighted by atomic mass is 15.0. The van der Waals surface area contributed by atoms with Gasteiger partial charge in [0.1, 0.15) is 0 Å². The van der Waals surface area contributed by atoms with Gasteiger partial charge in [-0.1, -0.05) is 25.1 Å². The molecule has 0 atom stereocenters. The van der Waals surface area contributed by atoms with E-state index in [-0.39, 0.29) is 0 Å². The summed E-state index contributed by atoms with van der Waals surface area (Å²) < 4.78 is 0. The third-order valence-corrected chi connectivity index (χ3v) is 2.71. The van der Waals surface area contributed by atoms with Crippen molar-refractivity contribution in [2.24, 2.45) is 0 Å². The van der Waals surface area contributed by atoms with Crippen molar-refractivity contribution in [3.8, 4) is 0 Å². The summed E-state index contributed by atoms with van der Waals surface area (Å²) in [4.78, 5) is 4.31. The van der Waals surface area contributed by atoms with Gasteiger partial charge in [0.05, 0.1) is 5.69 Å². The average Bonchev–Trinajstić information content (AvgIpc) is 2.33. The Kier molecular flexibility index (Phi) is 3.28. The molecule has 3 nitrogen and oxygen atoms in total. The van der Waals surface area contributed by atoms with Crippen LogP contribution in [0.3, 0.4) is 0 Å². The molecule has 0 saturated heterocycles. The average molecular weight is 227 g/mol. The zero-order valence-electron chi connectivity index (χ0n) is 10.2. The van der Waals surface area contributed by atoms with Crippen LogP contribution >= 0.6 is 0 Å². The Morgan fingerprint density at radius 1 is 1.29 bits per heavy atom. The molecule has 17 heavy (non-hydrogen) atoms. The normalized spacial score (nSPS) is 10.2. The van der Waals surface area contributed by atoms with Crippen molar-refractivity contribution in [1.82, 2.24) is 4.98 Å². The second kappa shape index (κ2) is 4.87. The first kappa shape index (κ1) is 11.5. The molecule has 0 amide bonds. The monoisotopic (exact) mass is 227 g/mol. The molecule has 0 fully saturated rings. The Balaban J connectivity index is 2.31. The molecule has 1 aromatic carbocycles. The molecule has 88 valence electrons. The minimum Gasteiger partial charge on any atom is -0.396 e. The number of hydrogen-bond acceptors (Lipinski definition) is 3. The van der Waals surface area contributed by atoms with Gasteiger partial charge in [-0.25, -0.2) is 4.98 Å². The fraction of sp³-hybridized carbons (Fsp3) is 0.214. The molecule has 0 aliphatic heterocycles. The predicted octanol–water partition coefficient (Wildman–Crippen LogP) is 3.28. The summed E-state index contributed by atoms with van der Waals surface area (Å²) >= 11 is 0. The fourth-order valence-corrected chi connectivity index (χ4v) is 1.77. The Labute approximate surface area is 102 Å². The second-order valence-electron chi connectivity index (χ2n) is 4.09. The van der Waals surface area contributed by atoms with Crippen molar-refractivity contribution in [3.05, 3.63) is 47.7 Å². The number of rotatable bonds is 3. The zero-order valence-corrected chi connectivity index (χ0v) is 10.2. The molecule has 0 spiro atoms. The van der Waals surface area contributed by atoms with E-state index in [4.69, 9.17) is 5.73 Å². The molecule has 2 aromatic rings. The van der Waals surface area contributed by atoms with E-state index in [1.807, 2.05) is 37.4 Å². The summed E-state index contributed by atoms with van der Waals surface area (Å²) in [5, 5.41) is 3.28. The van der Waals surface area contributed by atoms with E-state index in [1.165, 1.54) is 5.56 Å². The van der Waals surface area contributed by atoms with Crippen LogP contribution in [0.4, 0.5) is 17.2 Å². The van der Waals surface area contributed by atoms with Gasteiger partial charge in [-0.05, 0) is 36.6 Å². The van der Waals surface area contributed by atoms with Gasteiger partial charge in [-0.15, -0.1) is 0 Å². The molecular weight excluding hydrogens is 210 g/mol. The van der Waals surface area contributed by atoms with Crippen LogP contribution in [0.25, 0.3) is 0 Å². The number of nitrogens with zero attached hydrogens (tertiary/aromatic N) is 1. The number of anilines is 3. The second-order valence-corrected chi connectivity index (χ2v) is 4.09. The summed E-state index contributed by atoms with van der Waals surface area (Å²) in [6.45, 7) is 4.11. The zero-order chi connectivity index (χ0) is 12.3. The topological polar surface area (TPSA) is 50.9 Å². The van der Waals surface area contributed by atoms with Gasteiger partial charge in [0, 0.05) is 11.9 Å². The highest BCUT2D eigenvalue weighted by molar-refractivity contribution is 5.70. The van der Waals surface area contributed by atoms with Crippen LogP contribution in [0, 0.1) is 6.92 Å². The molecule has 2 rings (SSSR count). The van der Waals surface area contributed by atoms with Crippen LogP contribution in [0.15, 0.2) is 36.5 Å². The van der Waals surface area contributed by atoms with Crippen LogP contribution in [-0.2, 0) is 6.42 Å². The van der Waals surface area contributed by atoms with Gasteiger partial charge in [0.25, 0.3) is 0 Å². The third kappa shape index (κ3) is 2.56. The standard InChI is InChI=1S/C14H17N3/c1-3-11-6-4-5-7-13(11)17-14-12(15)8-10(2)9-16-14/h4-9H,3,15H2,1-2H3,(H,16,17). The van der Waals surface area contributed by atoms with Crippen molar-refractivity contribution < 1.29 is 0 Å². The van der Waals surface area contributed by atoms with E-state index in [9.17, 15) is 0 Å². The number of pyridine rings is 1. The van der Waals surface area contributed by atoms with Crippen molar-refractivity contribution in [1.29, 1.82) is 0 Å². The number of aromatic nitrogens is 1. The number of para-hydroxylation sites is 1. The van der Waals surface area contributed by atoms with E-state index in [2.05, 4.69) is 23.3 Å². The fourth-order valence-electron chi connectivity index (χ4n) is 1.77. The number of benzene rings is 1. The molecular formula is C14H17N3. The lowest BCUT2D eigenvalue weighted by atomic mass is 10.1. The van der Waals surface area contributed by atoms with E-state index in [1.54, 1.807) is 0 Å². The van der Waals surface area contributed by atoms with Gasteiger partial charge in [0.2, 0.25) is 0 Å². The first-order valence-corrected chi connectivity index (χ1v) is 5.77. The lowest BCUT2D eigenvalue weighted by molar-refractivity contribution is 1.14. The third-order valence-electron chi connectivity index (χ3n) is 2.71. The molecule has 0 saturated carbocycles. The van der Waals surface area contributed by atoms with Crippen LogP contribution in [0.1, 0.15) is 18.1 Å². The summed E-state index contributed by atoms with van der Waals surface area (Å²) in [5.41, 5.74) is 10.0. The summed E-state index contributed by atoms with van der Waals surface area (Å²) in [7, 11) is 0. The minimum absolute atomic E-state index is 0.677. The van der Waals surface area contributed by atoms with Crippen LogP contribution in [0.5, 0.6) is 0 Å². The molecule has 0 aliphatic carbocycles. The van der Waals surface area contributed by atoms with Crippen molar-refractivity contribution >= 4 is 17.2 Å². The van der Waals surface area contributed by atoms with E-state index >= 15 is 0 Å². The maximum absolute atomic E-state index is 5.94. The Bertz CT molecular complexity index is 521. The molecule has 0 unspecified atom stereocenters. The van der Waals surface area contributed by atoms with Crippen LogP contribution in [-0.4, -0.2) is 4.98 Å². The molecule has 3 heteroatoms. The number of nitrogens with one attached hydrogen (secondary N) is 1. The van der Waals surface area contributed by atoms with Gasteiger partial charge in [0.15, 0.2) is 5.82 Å². The highest BCUT2D eigenvalue weighted by Gasteiger charge is 2.04. The van der Waals surface area contributed by atoms with Crippen molar-refractivity contribution in [2.45, 2.75) is 20.3 Å². The first-order valence-electron chi connectivity index (χ1n) is 5.77. The van der Waals surface area contributed by atoms with Gasteiger partial charge < -0.3 is 11.1 Å². The number of nitrogen functional groups attached to an aromatic ring is 1. The maximum Gasteiger partial charge on any atom is 0.153 e. The Morgan fingerprint density at radius 3 is 2.76 bits per heavy atom. The summed E-state index contributed by atoms with van der Waals surface area (Å²) in [5.74, 6) is 0.719. The molecule has 1 aromatic heterocycles. The summed E-state index contributed by atoms with van der Waals surface area (Å²) in [6.07, 6.45) is 2.79. The maximum atomic E-state index is 5.94. The highest BCUT2D eigenvalue weighted by Crippen LogP contribution is 2.24. The largest absolute Gasteiger partial charge is 0.396 e. The Morgan fingerprint density at radius 2 is 2.06 bits per heavy atom. The predicted molar refractivity (Wildman–Crippen MR) is 72.5 cm³/mol. The smallest absolute Gasteiger partial charge is 0.153 e. The van der Waals surface area contributed by atoms with Crippen molar-refractivity contribution in [2.75, 3.05) is 11.1 Å². The van der Waals surface area contributed by atoms with E-state index in [0.29, 0.717) is 5.69 Å². The van der Waals surface area contributed by atoms with Gasteiger partial charge in [-0.3, -0.25) is 0 Å². The Hall–Kier alpha value is -2.03. The van der Waals surface area contributed by atoms with Gasteiger partial charge in [-0.2, -0.15) is 0 Å². The lowest BCUT2D eigenvalue weighted by Crippen LogP contribution is -2.01. The van der Waals surface area contributed by atoms with E-state index in [0.717, 1.165) is 23.5 Å². The first-order chi connectivity index (χ1) is 8.20. The number of hydrogen-bond donors (Lipinski definition) is 2. The van der Waals surface area contributed by atoms with Crippen LogP contribution in [0.2, 0.25) is 0 Å². The van der Waals surface area contributed by atoms with Gasteiger partial charge >= 0.3 is 0 Å². The molecule has 1 heterocycles. The minimum atomic E-state index is 0.677. The molecule has 0 radical (unpaired) electrons. The summed E-state index contributed by atoms with van der Waals surface area (Å²) in [6, 6.07) is 10.1. The molecule has 0 bridgehead atoms. The quantitative estimate of drug-likeness (QED) is 0.846.